The van der Waals surface area contributed by atoms with Crippen molar-refractivity contribution in [3.05, 3.63) is 102 Å². The third-order valence-corrected chi connectivity index (χ3v) is 10.5. The number of carbonyl (C=O) groups is 6. The first-order valence-electron chi connectivity index (χ1n) is 25.1. The number of halogens is 5. The van der Waals surface area contributed by atoms with Gasteiger partial charge in [0.1, 0.15) is 46.2 Å². The second kappa shape index (κ2) is 44.8. The molecule has 3 amide bonds. The Kier molecular flexibility index (Phi) is 47.6. The summed E-state index contributed by atoms with van der Waals surface area (Å²) in [5, 5.41) is 27.0. The topological polar surface area (TPSA) is 219 Å². The fourth-order valence-electron chi connectivity index (χ4n) is 6.87. The van der Waals surface area contributed by atoms with Crippen LogP contribution in [-0.4, -0.2) is 145 Å². The SMILES string of the molecule is CC(=O)c1ccc(O)cc1.CC(=O)c1ccc(OC2CCN(C(=O)OC(C)(C)C)CC2)cc1.CC(C)(C)OC(=O)N1CCC(O)CC1.CC(C)(C)OC(=O)N1CCC(Oc2ccc(C(=O)O)cc2)CC1.CI.IC(I)I.[CH2-]I.[CH3-].[V].[V]. The number of benzene rings is 3. The largest absolute Gasteiger partial charge is 0.508 e. The zero-order valence-electron chi connectivity index (χ0n) is 48.9. The molecule has 0 bridgehead atoms. The molecule has 3 aromatic rings. The Bertz CT molecular complexity index is 2120. The quantitative estimate of drug-likeness (QED) is 0.0659. The molecular formula is C57H84I5N3O14V2-2. The van der Waals surface area contributed by atoms with Crippen molar-refractivity contribution in [3.8, 4) is 17.2 Å². The summed E-state index contributed by atoms with van der Waals surface area (Å²) in [5.41, 5.74) is 0.138. The predicted molar refractivity (Wildman–Crippen MR) is 356 cm³/mol. The number of phenols is 1. The van der Waals surface area contributed by atoms with Crippen molar-refractivity contribution >= 4 is 149 Å². The molecule has 0 unspecified atom stereocenters. The molecule has 3 saturated heterocycles. The number of hydrogen-bond donors (Lipinski definition) is 3. The maximum Gasteiger partial charge on any atom is 0.410 e. The van der Waals surface area contributed by atoms with Crippen molar-refractivity contribution in [2.75, 3.05) is 44.2 Å². The zero-order chi connectivity index (χ0) is 60.0. The number of nitrogens with zero attached hydrogens (tertiary/aromatic N) is 3. The number of rotatable bonds is 7. The van der Waals surface area contributed by atoms with E-state index < -0.39 is 22.8 Å². The van der Waals surface area contributed by atoms with Crippen LogP contribution in [0.1, 0.15) is 146 Å². The molecule has 2 radical (unpaired) electrons. The number of aliphatic hydroxyl groups excluding tert-OH is 1. The van der Waals surface area contributed by atoms with Crippen molar-refractivity contribution in [2.45, 2.75) is 150 Å². The van der Waals surface area contributed by atoms with E-state index in [9.17, 15) is 33.9 Å². The Morgan fingerprint density at radius 2 is 0.741 bits per heavy atom. The Hall–Kier alpha value is -1.54. The Morgan fingerprint density at radius 1 is 0.506 bits per heavy atom. The predicted octanol–water partition coefficient (Wildman–Crippen LogP) is 15.1. The number of phenolic OH excluding ortho intramolecular Hbond substituents is 1. The van der Waals surface area contributed by atoms with Crippen molar-refractivity contribution in [3.63, 3.8) is 0 Å². The van der Waals surface area contributed by atoms with Gasteiger partial charge in [-0.15, -0.1) is 0 Å². The van der Waals surface area contributed by atoms with Gasteiger partial charge in [-0.3, -0.25) is 14.5 Å². The van der Waals surface area contributed by atoms with E-state index in [2.05, 4.69) is 95.3 Å². The van der Waals surface area contributed by atoms with Gasteiger partial charge >= 0.3 is 24.2 Å². The zero-order valence-corrected chi connectivity index (χ0v) is 62.5. The number of alkyl halides is 4. The van der Waals surface area contributed by atoms with Crippen LogP contribution in [0.2, 0.25) is 0 Å². The summed E-state index contributed by atoms with van der Waals surface area (Å²) in [5.74, 6) is 0.686. The number of hydrogen-bond acceptors (Lipinski definition) is 13. The number of ketones is 2. The van der Waals surface area contributed by atoms with Gasteiger partial charge in [-0.2, -0.15) is 0 Å². The molecule has 0 aliphatic carbocycles. The standard InChI is InChI=1S/C18H25NO4.C17H23NO5.C10H19NO3.C8H8O2.CHI3.CH3I.CH2I.CH3.2V/c1-13(20)14-5-7-15(8-6-14)22-16-9-11-19(12-10-16)17(21)23-18(2,3)4;1-17(2,3)23-16(21)18-10-8-14(9-11-18)22-13-6-4-12(5-7-13)15(19)20;1-10(2,3)14-9(13)11-6-4-8(12)5-7-11;1-6(9)7-2-4-8(10)5-3-7;2-1(3)4;2*1-2;;;/h5-8,16H,9-12H2,1-4H3;4-7,14H,8-11H2,1-3H3,(H,19,20);8,12H,4-7H2,1-3H3;2-5,10H,1H3;1H;1H3;1H2;1H3;;/q;;;;;;2*-1;;. The van der Waals surface area contributed by atoms with Crippen LogP contribution in [0.3, 0.4) is 0 Å². The smallest absolute Gasteiger partial charge is 0.410 e. The van der Waals surface area contributed by atoms with Gasteiger partial charge in [-0.25, -0.2) is 19.2 Å². The number of Topliss-reactive ketones (excluding diaryl/α,β-unsaturated/α-hetero) is 2. The van der Waals surface area contributed by atoms with Crippen LogP contribution >= 0.6 is 113 Å². The summed E-state index contributed by atoms with van der Waals surface area (Å²) in [6, 6.07) is 19.7. The van der Waals surface area contributed by atoms with Crippen LogP contribution in [0.5, 0.6) is 17.2 Å². The van der Waals surface area contributed by atoms with Gasteiger partial charge < -0.3 is 83.7 Å². The second-order valence-corrected chi connectivity index (χ2v) is 31.4. The van der Waals surface area contributed by atoms with E-state index in [1.165, 1.54) is 31.2 Å². The Morgan fingerprint density at radius 3 is 0.975 bits per heavy atom. The molecule has 3 aromatic carbocycles. The third kappa shape index (κ3) is 41.2. The number of ether oxygens (including phenoxy) is 5. The molecule has 6 rings (SSSR count). The van der Waals surface area contributed by atoms with Crippen LogP contribution in [0.4, 0.5) is 14.4 Å². The number of aromatic carboxylic acids is 1. The minimum absolute atomic E-state index is 0. The van der Waals surface area contributed by atoms with E-state index in [1.807, 2.05) is 102 Å². The molecule has 3 aliphatic heterocycles. The summed E-state index contributed by atoms with van der Waals surface area (Å²) in [6.45, 7) is 23.4. The average Bonchev–Trinajstić information content (AvgIpc) is 3.35. The van der Waals surface area contributed by atoms with Gasteiger partial charge in [0.05, 0.1) is 11.7 Å². The molecule has 458 valence electrons. The van der Waals surface area contributed by atoms with Gasteiger partial charge in [-0.05, 0) is 167 Å². The number of carbonyl (C=O) groups excluding carboxylic acids is 5. The van der Waals surface area contributed by atoms with E-state index in [-0.39, 0.29) is 104 Å². The first-order chi connectivity index (χ1) is 36.3. The second-order valence-electron chi connectivity index (χ2n) is 20.5. The Labute approximate surface area is 574 Å². The van der Waals surface area contributed by atoms with Crippen LogP contribution in [-0.2, 0) is 51.3 Å². The van der Waals surface area contributed by atoms with Crippen LogP contribution < -0.4 is 9.47 Å². The summed E-state index contributed by atoms with van der Waals surface area (Å²) in [4.78, 5) is 78.5. The number of aromatic hydroxyl groups is 1. The molecule has 0 aromatic heterocycles. The van der Waals surface area contributed by atoms with Crippen LogP contribution in [0.25, 0.3) is 0 Å². The monoisotopic (exact) mass is 1770 g/mol. The van der Waals surface area contributed by atoms with Crippen molar-refractivity contribution in [1.29, 1.82) is 0 Å². The average molecular weight is 1770 g/mol. The number of aliphatic hydroxyl groups is 1. The summed E-state index contributed by atoms with van der Waals surface area (Å²) < 4.78 is 28.5. The first kappa shape index (κ1) is 85.9. The fourth-order valence-corrected chi connectivity index (χ4v) is 6.87. The molecule has 3 heterocycles. The molecular weight excluding hydrogens is 1690 g/mol. The van der Waals surface area contributed by atoms with E-state index in [4.69, 9.17) is 33.9 Å². The minimum Gasteiger partial charge on any atom is -0.508 e. The van der Waals surface area contributed by atoms with Gasteiger partial charge in [0.25, 0.3) is 0 Å². The van der Waals surface area contributed by atoms with Crippen molar-refractivity contribution < 1.29 is 105 Å². The van der Waals surface area contributed by atoms with Gasteiger partial charge in [0.2, 0.25) is 0 Å². The number of amides is 3. The van der Waals surface area contributed by atoms with Crippen LogP contribution in [0, 0.1) is 12.4 Å². The molecule has 17 nitrogen and oxygen atoms in total. The fraction of sp³-hybridized carbons (Fsp3) is 0.544. The normalized spacial score (nSPS) is 14.2. The molecule has 3 fully saturated rings. The van der Waals surface area contributed by atoms with E-state index in [0.29, 0.717) is 69.0 Å². The molecule has 3 aliphatic rings. The molecule has 24 heteroatoms. The molecule has 0 atom stereocenters. The van der Waals surface area contributed by atoms with Gasteiger partial charge in [0, 0.05) is 113 Å². The number of likely N-dealkylation sites (tertiary alicyclic amines) is 3. The number of piperidine rings is 3. The maximum atomic E-state index is 12.0. The maximum absolute atomic E-state index is 12.0. The number of carboxylic acid groups (broad SMARTS) is 1. The molecule has 81 heavy (non-hydrogen) atoms. The molecule has 3 N–H and O–H groups in total. The summed E-state index contributed by atoms with van der Waals surface area (Å²) in [6.07, 6.45) is 3.31. The number of carboxylic acids is 1. The molecule has 0 spiro atoms. The van der Waals surface area contributed by atoms with Crippen molar-refractivity contribution in [2.24, 2.45) is 0 Å². The van der Waals surface area contributed by atoms with Crippen LogP contribution in [0.15, 0.2) is 72.8 Å². The summed E-state index contributed by atoms with van der Waals surface area (Å²) >= 11 is 11.0. The van der Waals surface area contributed by atoms with E-state index >= 15 is 0 Å². The van der Waals surface area contributed by atoms with Crippen molar-refractivity contribution in [1.82, 2.24) is 14.7 Å². The van der Waals surface area contributed by atoms with E-state index in [1.54, 1.807) is 58.0 Å². The van der Waals surface area contributed by atoms with Gasteiger partial charge in [-0.1, -0.05) is 90.4 Å². The first-order valence-corrected chi connectivity index (χ1v) is 32.5. The molecule has 0 saturated carbocycles. The van der Waals surface area contributed by atoms with E-state index in [0.717, 1.165) is 31.4 Å². The third-order valence-electron chi connectivity index (χ3n) is 10.5. The van der Waals surface area contributed by atoms with Gasteiger partial charge in [0.15, 0.2) is 11.6 Å². The Balaban J connectivity index is -0.000000478. The summed E-state index contributed by atoms with van der Waals surface area (Å²) in [7, 11) is 0. The minimum atomic E-state index is -0.956.